The molecule has 3 aromatic heterocycles. The zero-order valence-electron chi connectivity index (χ0n) is 24.1. The predicted molar refractivity (Wildman–Crippen MR) is 166 cm³/mol. The summed E-state index contributed by atoms with van der Waals surface area (Å²) in [6.07, 6.45) is 7.61. The molecule has 0 amide bonds. The van der Waals surface area contributed by atoms with Crippen LogP contribution in [-0.2, 0) is 16.4 Å². The number of sulfonamides is 1. The molecule has 8 nitrogen and oxygen atoms in total. The second-order valence-electron chi connectivity index (χ2n) is 11.4. The van der Waals surface area contributed by atoms with Crippen LogP contribution in [0.2, 0.25) is 0 Å². The molecule has 2 saturated heterocycles. The van der Waals surface area contributed by atoms with Crippen molar-refractivity contribution in [3.63, 3.8) is 0 Å². The van der Waals surface area contributed by atoms with Gasteiger partial charge in [-0.05, 0) is 100.0 Å². The van der Waals surface area contributed by atoms with E-state index < -0.39 is 16.1 Å². The van der Waals surface area contributed by atoms with E-state index in [-0.39, 0.29) is 17.5 Å². The van der Waals surface area contributed by atoms with Gasteiger partial charge in [0.15, 0.2) is 0 Å². The Morgan fingerprint density at radius 3 is 2.50 bits per heavy atom. The number of piperidine rings is 1. The van der Waals surface area contributed by atoms with Crippen LogP contribution >= 0.6 is 11.3 Å². The van der Waals surface area contributed by atoms with Gasteiger partial charge in [-0.3, -0.25) is 0 Å². The summed E-state index contributed by atoms with van der Waals surface area (Å²) in [6, 6.07) is 10.0. The van der Waals surface area contributed by atoms with Crippen LogP contribution in [-0.4, -0.2) is 70.5 Å². The molecule has 0 bridgehead atoms. The van der Waals surface area contributed by atoms with Gasteiger partial charge in [0, 0.05) is 30.2 Å². The molecule has 6 rings (SSSR count). The van der Waals surface area contributed by atoms with E-state index in [1.165, 1.54) is 41.9 Å². The maximum absolute atomic E-state index is 13.4. The molecule has 0 spiro atoms. The van der Waals surface area contributed by atoms with Crippen molar-refractivity contribution in [2.45, 2.75) is 57.4 Å². The van der Waals surface area contributed by atoms with Crippen molar-refractivity contribution in [1.29, 1.82) is 0 Å². The second kappa shape index (κ2) is 12.5. The van der Waals surface area contributed by atoms with Crippen LogP contribution in [0.5, 0.6) is 0 Å². The summed E-state index contributed by atoms with van der Waals surface area (Å²) in [5.41, 5.74) is 12.3. The fourth-order valence-corrected chi connectivity index (χ4v) is 8.68. The summed E-state index contributed by atoms with van der Waals surface area (Å²) in [6.45, 7) is 6.25. The molecule has 0 radical (unpaired) electrons. The number of hydrogen-bond donors (Lipinski definition) is 1. The lowest BCUT2D eigenvalue weighted by Gasteiger charge is -2.31. The van der Waals surface area contributed by atoms with Gasteiger partial charge in [0.2, 0.25) is 10.0 Å². The van der Waals surface area contributed by atoms with E-state index >= 15 is 0 Å². The van der Waals surface area contributed by atoms with Crippen LogP contribution < -0.4 is 5.73 Å². The van der Waals surface area contributed by atoms with E-state index in [1.807, 2.05) is 11.4 Å². The highest BCUT2D eigenvalue weighted by Crippen LogP contribution is 2.33. The average Bonchev–Trinajstić information content (AvgIpc) is 3.77. The molecule has 1 aromatic carbocycles. The minimum absolute atomic E-state index is 0.232. The third-order valence-corrected chi connectivity index (χ3v) is 11.6. The Bertz CT molecular complexity index is 1620. The maximum atomic E-state index is 13.4. The summed E-state index contributed by atoms with van der Waals surface area (Å²) < 4.78 is 43.3. The van der Waals surface area contributed by atoms with Gasteiger partial charge < -0.3 is 15.0 Å². The summed E-state index contributed by atoms with van der Waals surface area (Å²) >= 11 is 1.49. The van der Waals surface area contributed by atoms with Gasteiger partial charge in [0.1, 0.15) is 16.5 Å². The molecule has 4 aromatic rings. The molecule has 1 unspecified atom stereocenters. The minimum Gasteiger partial charge on any atom is -0.317 e. The SMILES string of the molecule is CCc1nc2ccc(C3CCN(S(=O)(=O)CCCN4CCCC4)CC3)cn2c1C(N)c1nc(-c2ccc(F)cc2)cs1. The van der Waals surface area contributed by atoms with E-state index in [1.54, 1.807) is 16.4 Å². The van der Waals surface area contributed by atoms with Gasteiger partial charge in [0.25, 0.3) is 0 Å². The first kappa shape index (κ1) is 29.4. The number of halogens is 1. The Labute approximate surface area is 251 Å². The van der Waals surface area contributed by atoms with Crippen molar-refractivity contribution in [3.05, 3.63) is 75.8 Å². The molecule has 11 heteroatoms. The summed E-state index contributed by atoms with van der Waals surface area (Å²) in [5.74, 6) is 0.225. The van der Waals surface area contributed by atoms with Gasteiger partial charge in [0.05, 0.1) is 28.9 Å². The predicted octanol–water partition coefficient (Wildman–Crippen LogP) is 5.20. The highest BCUT2D eigenvalue weighted by molar-refractivity contribution is 7.89. The number of thiazole rings is 1. The molecule has 2 aliphatic heterocycles. The van der Waals surface area contributed by atoms with Gasteiger partial charge in [-0.1, -0.05) is 13.0 Å². The van der Waals surface area contributed by atoms with Gasteiger partial charge in [-0.2, -0.15) is 0 Å². The zero-order valence-corrected chi connectivity index (χ0v) is 25.7. The van der Waals surface area contributed by atoms with Gasteiger partial charge in [-0.15, -0.1) is 11.3 Å². The molecule has 224 valence electrons. The Kier molecular flexibility index (Phi) is 8.74. The third-order valence-electron chi connectivity index (χ3n) is 8.71. The molecule has 42 heavy (non-hydrogen) atoms. The first-order valence-electron chi connectivity index (χ1n) is 15.0. The number of rotatable bonds is 10. The molecule has 0 saturated carbocycles. The Balaban J connectivity index is 1.16. The van der Waals surface area contributed by atoms with Crippen LogP contribution in [0.1, 0.15) is 72.9 Å². The van der Waals surface area contributed by atoms with Crippen molar-refractivity contribution in [3.8, 4) is 11.3 Å². The van der Waals surface area contributed by atoms with E-state index in [4.69, 9.17) is 15.7 Å². The number of imidazole rings is 1. The lowest BCUT2D eigenvalue weighted by molar-refractivity contribution is 0.314. The molecule has 0 aliphatic carbocycles. The fourth-order valence-electron chi connectivity index (χ4n) is 6.33. The Hall–Kier alpha value is -2.70. The molecule has 2 fully saturated rings. The monoisotopic (exact) mass is 610 g/mol. The van der Waals surface area contributed by atoms with Crippen molar-refractivity contribution in [2.75, 3.05) is 38.5 Å². The molecule has 1 atom stereocenters. The maximum Gasteiger partial charge on any atom is 0.214 e. The first-order chi connectivity index (χ1) is 20.3. The van der Waals surface area contributed by atoms with Crippen LogP contribution in [0, 0.1) is 5.82 Å². The normalized spacial score (nSPS) is 18.3. The van der Waals surface area contributed by atoms with Crippen LogP contribution in [0.25, 0.3) is 16.9 Å². The van der Waals surface area contributed by atoms with Gasteiger partial charge in [-0.25, -0.2) is 27.1 Å². The van der Waals surface area contributed by atoms with Crippen molar-refractivity contribution in [2.24, 2.45) is 5.73 Å². The van der Waals surface area contributed by atoms with E-state index in [0.29, 0.717) is 19.5 Å². The number of fused-ring (bicyclic) bond motifs is 1. The topological polar surface area (TPSA) is 96.8 Å². The molecule has 2 N–H and O–H groups in total. The summed E-state index contributed by atoms with van der Waals surface area (Å²) in [7, 11) is -3.23. The van der Waals surface area contributed by atoms with Crippen molar-refractivity contribution >= 4 is 27.0 Å². The smallest absolute Gasteiger partial charge is 0.214 e. The number of hydrogen-bond acceptors (Lipinski definition) is 7. The van der Waals surface area contributed by atoms with Crippen LogP contribution in [0.15, 0.2) is 48.0 Å². The Morgan fingerprint density at radius 1 is 1.05 bits per heavy atom. The minimum atomic E-state index is -3.23. The Morgan fingerprint density at radius 2 is 1.79 bits per heavy atom. The number of likely N-dealkylation sites (tertiary alicyclic amines) is 1. The van der Waals surface area contributed by atoms with Crippen molar-refractivity contribution in [1.82, 2.24) is 23.6 Å². The fraction of sp³-hybridized carbons (Fsp3) is 0.484. The molecule has 5 heterocycles. The molecule has 2 aliphatic rings. The number of nitrogens with zero attached hydrogens (tertiary/aromatic N) is 5. The number of benzene rings is 1. The quantitative estimate of drug-likeness (QED) is 0.265. The number of nitrogens with two attached hydrogens (primary N) is 1. The van der Waals surface area contributed by atoms with E-state index in [9.17, 15) is 12.8 Å². The number of aryl methyl sites for hydroxylation is 1. The highest BCUT2D eigenvalue weighted by Gasteiger charge is 2.29. The lowest BCUT2D eigenvalue weighted by Crippen LogP contribution is -2.39. The van der Waals surface area contributed by atoms with Crippen molar-refractivity contribution < 1.29 is 12.8 Å². The summed E-state index contributed by atoms with van der Waals surface area (Å²) in [4.78, 5) is 12.0. The second-order valence-corrected chi connectivity index (χ2v) is 14.4. The largest absolute Gasteiger partial charge is 0.317 e. The lowest BCUT2D eigenvalue weighted by atomic mass is 9.91. The van der Waals surface area contributed by atoms with Crippen LogP contribution in [0.3, 0.4) is 0 Å². The third kappa shape index (κ3) is 6.16. The standard InChI is InChI=1S/C31H39FN6O2S2/c1-2-26-30(29(33)31-35-27(21-41-31)23-6-9-25(32)10-7-23)38-20-24(8-11-28(38)34-26)22-12-17-37(18-13-22)42(39,40)19-5-16-36-14-3-4-15-36/h6-11,20-22,29H,2-5,12-19,33H2,1H3. The summed E-state index contributed by atoms with van der Waals surface area (Å²) in [5, 5.41) is 2.73. The number of pyridine rings is 1. The van der Waals surface area contributed by atoms with E-state index in [2.05, 4.69) is 28.5 Å². The zero-order chi connectivity index (χ0) is 29.3. The highest BCUT2D eigenvalue weighted by atomic mass is 32.2. The van der Waals surface area contributed by atoms with Crippen LogP contribution in [0.4, 0.5) is 4.39 Å². The van der Waals surface area contributed by atoms with Gasteiger partial charge >= 0.3 is 0 Å². The number of aromatic nitrogens is 3. The average molecular weight is 611 g/mol. The van der Waals surface area contributed by atoms with E-state index in [0.717, 1.165) is 72.2 Å². The molecular weight excluding hydrogens is 572 g/mol. The first-order valence-corrected chi connectivity index (χ1v) is 17.5. The molecular formula is C31H39FN6O2S2.